The molecule has 0 aliphatic rings. The zero-order chi connectivity index (χ0) is 12.6. The van der Waals surface area contributed by atoms with E-state index in [0.717, 1.165) is 27.1 Å². The van der Waals surface area contributed by atoms with Crippen LogP contribution >= 0.6 is 15.9 Å². The van der Waals surface area contributed by atoms with Gasteiger partial charge in [-0.25, -0.2) is 4.68 Å². The first-order valence-corrected chi connectivity index (χ1v) is 6.37. The maximum Gasteiger partial charge on any atom is 0.0790 e. The van der Waals surface area contributed by atoms with Crippen molar-refractivity contribution in [2.75, 3.05) is 0 Å². The topological polar surface area (TPSA) is 43.8 Å². The van der Waals surface area contributed by atoms with E-state index in [4.69, 9.17) is 5.73 Å². The third-order valence-corrected chi connectivity index (χ3v) is 3.37. The Hall–Kier alpha value is -1.13. The Bertz CT molecular complexity index is 544. The molecule has 1 aromatic heterocycles. The maximum absolute atomic E-state index is 5.86. The van der Waals surface area contributed by atoms with Crippen molar-refractivity contribution < 1.29 is 0 Å². The van der Waals surface area contributed by atoms with Crippen LogP contribution in [0.4, 0.5) is 0 Å². The molecule has 0 saturated carbocycles. The Morgan fingerprint density at radius 2 is 2.00 bits per heavy atom. The summed E-state index contributed by atoms with van der Waals surface area (Å²) in [5.74, 6) is 0. The first kappa shape index (κ1) is 12.3. The van der Waals surface area contributed by atoms with Crippen molar-refractivity contribution in [2.45, 2.75) is 26.8 Å². The highest BCUT2D eigenvalue weighted by Crippen LogP contribution is 2.25. The highest BCUT2D eigenvalue weighted by Gasteiger charge is 2.09. The van der Waals surface area contributed by atoms with Crippen LogP contribution in [-0.4, -0.2) is 9.78 Å². The van der Waals surface area contributed by atoms with Crippen molar-refractivity contribution in [1.29, 1.82) is 0 Å². The van der Waals surface area contributed by atoms with Crippen molar-refractivity contribution in [3.05, 3.63) is 45.7 Å². The minimum absolute atomic E-state index is 0.0424. The largest absolute Gasteiger partial charge is 0.324 e. The van der Waals surface area contributed by atoms with E-state index in [1.165, 1.54) is 0 Å². The summed E-state index contributed by atoms with van der Waals surface area (Å²) in [5, 5.41) is 4.47. The maximum atomic E-state index is 5.86. The number of aromatic nitrogens is 2. The quantitative estimate of drug-likeness (QED) is 0.923. The number of hydrogen-bond donors (Lipinski definition) is 1. The van der Waals surface area contributed by atoms with E-state index >= 15 is 0 Å². The number of nitrogens with two attached hydrogens (primary N) is 1. The summed E-state index contributed by atoms with van der Waals surface area (Å²) in [7, 11) is 0. The van der Waals surface area contributed by atoms with E-state index in [-0.39, 0.29) is 6.04 Å². The van der Waals surface area contributed by atoms with E-state index < -0.39 is 0 Å². The minimum Gasteiger partial charge on any atom is -0.324 e. The van der Waals surface area contributed by atoms with Crippen LogP contribution in [0.1, 0.15) is 29.9 Å². The molecule has 0 bridgehead atoms. The average Bonchev–Trinajstić information content (AvgIpc) is 2.57. The van der Waals surface area contributed by atoms with Crippen molar-refractivity contribution in [3.8, 4) is 5.69 Å². The van der Waals surface area contributed by atoms with E-state index in [1.54, 1.807) is 0 Å². The fourth-order valence-corrected chi connectivity index (χ4v) is 2.42. The summed E-state index contributed by atoms with van der Waals surface area (Å²) in [6.45, 7) is 6.02. The van der Waals surface area contributed by atoms with E-state index in [9.17, 15) is 0 Å². The Kier molecular flexibility index (Phi) is 3.35. The van der Waals surface area contributed by atoms with Crippen molar-refractivity contribution >= 4 is 15.9 Å². The molecule has 2 aromatic rings. The van der Waals surface area contributed by atoms with Gasteiger partial charge in [0.15, 0.2) is 0 Å². The van der Waals surface area contributed by atoms with Crippen molar-refractivity contribution in [2.24, 2.45) is 5.73 Å². The molecule has 17 heavy (non-hydrogen) atoms. The first-order chi connectivity index (χ1) is 7.99. The lowest BCUT2D eigenvalue weighted by Crippen LogP contribution is -2.06. The van der Waals surface area contributed by atoms with Gasteiger partial charge in [0.05, 0.1) is 11.4 Å². The zero-order valence-electron chi connectivity index (χ0n) is 10.2. The zero-order valence-corrected chi connectivity index (χ0v) is 11.8. The van der Waals surface area contributed by atoms with Crippen LogP contribution < -0.4 is 5.73 Å². The van der Waals surface area contributed by atoms with Gasteiger partial charge in [-0.3, -0.25) is 0 Å². The number of benzene rings is 1. The SMILES string of the molecule is Cc1cc(C)n(-c2ccc(C(C)N)cc2Br)n1. The van der Waals surface area contributed by atoms with Gasteiger partial charge in [-0.15, -0.1) is 0 Å². The molecule has 3 nitrogen and oxygen atoms in total. The summed E-state index contributed by atoms with van der Waals surface area (Å²) in [4.78, 5) is 0. The third kappa shape index (κ3) is 2.42. The van der Waals surface area contributed by atoms with Gasteiger partial charge in [0.25, 0.3) is 0 Å². The Morgan fingerprint density at radius 3 is 2.47 bits per heavy atom. The lowest BCUT2D eigenvalue weighted by molar-refractivity contribution is 0.805. The summed E-state index contributed by atoms with van der Waals surface area (Å²) >= 11 is 3.58. The van der Waals surface area contributed by atoms with Gasteiger partial charge in [-0.2, -0.15) is 5.10 Å². The molecule has 2 rings (SSSR count). The molecule has 0 amide bonds. The van der Waals surface area contributed by atoms with Gasteiger partial charge in [0.1, 0.15) is 0 Å². The number of hydrogen-bond acceptors (Lipinski definition) is 2. The smallest absolute Gasteiger partial charge is 0.0790 e. The minimum atomic E-state index is 0.0424. The van der Waals surface area contributed by atoms with Gasteiger partial charge in [-0.1, -0.05) is 6.07 Å². The number of halogens is 1. The van der Waals surface area contributed by atoms with Gasteiger partial charge >= 0.3 is 0 Å². The Labute approximate surface area is 110 Å². The number of aryl methyl sites for hydroxylation is 2. The lowest BCUT2D eigenvalue weighted by atomic mass is 10.1. The molecule has 0 aliphatic heterocycles. The summed E-state index contributed by atoms with van der Waals surface area (Å²) in [6, 6.07) is 8.24. The number of nitrogens with zero attached hydrogens (tertiary/aromatic N) is 2. The second-order valence-electron chi connectivity index (χ2n) is 4.34. The van der Waals surface area contributed by atoms with Crippen molar-refractivity contribution in [1.82, 2.24) is 9.78 Å². The monoisotopic (exact) mass is 293 g/mol. The predicted octanol–water partition coefficient (Wildman–Crippen LogP) is 3.27. The van der Waals surface area contributed by atoms with Crippen LogP contribution in [0.15, 0.2) is 28.7 Å². The molecular weight excluding hydrogens is 278 g/mol. The van der Waals surface area contributed by atoms with E-state index in [2.05, 4.69) is 33.2 Å². The Balaban J connectivity index is 2.50. The van der Waals surface area contributed by atoms with Crippen molar-refractivity contribution in [3.63, 3.8) is 0 Å². The van der Waals surface area contributed by atoms with Gasteiger partial charge in [-0.05, 0) is 60.5 Å². The second kappa shape index (κ2) is 4.63. The fraction of sp³-hybridized carbons (Fsp3) is 0.308. The molecule has 0 aliphatic carbocycles. The standard InChI is InChI=1S/C13H16BrN3/c1-8-6-9(2)17(16-8)13-5-4-11(10(3)15)7-12(13)14/h4-7,10H,15H2,1-3H3. The molecule has 0 saturated heterocycles. The van der Waals surface area contributed by atoms with Gasteiger partial charge in [0.2, 0.25) is 0 Å². The van der Waals surface area contributed by atoms with Crippen LogP contribution in [-0.2, 0) is 0 Å². The van der Waals surface area contributed by atoms with Gasteiger partial charge < -0.3 is 5.73 Å². The molecule has 0 radical (unpaired) electrons. The molecule has 90 valence electrons. The summed E-state index contributed by atoms with van der Waals surface area (Å²) in [5.41, 5.74) is 10.2. The van der Waals surface area contributed by atoms with Crippen LogP contribution in [0, 0.1) is 13.8 Å². The lowest BCUT2D eigenvalue weighted by Gasteiger charge is -2.11. The first-order valence-electron chi connectivity index (χ1n) is 5.57. The summed E-state index contributed by atoms with van der Waals surface area (Å²) < 4.78 is 2.95. The molecule has 1 heterocycles. The molecule has 0 spiro atoms. The predicted molar refractivity (Wildman–Crippen MR) is 73.3 cm³/mol. The van der Waals surface area contributed by atoms with Crippen LogP contribution in [0.5, 0.6) is 0 Å². The van der Waals surface area contributed by atoms with Crippen LogP contribution in [0.25, 0.3) is 5.69 Å². The summed E-state index contributed by atoms with van der Waals surface area (Å²) in [6.07, 6.45) is 0. The number of rotatable bonds is 2. The Morgan fingerprint density at radius 1 is 1.29 bits per heavy atom. The average molecular weight is 294 g/mol. The molecule has 0 fully saturated rings. The van der Waals surface area contributed by atoms with E-state index in [0.29, 0.717) is 0 Å². The highest BCUT2D eigenvalue weighted by molar-refractivity contribution is 9.10. The van der Waals surface area contributed by atoms with Gasteiger partial charge in [0, 0.05) is 16.2 Å². The fourth-order valence-electron chi connectivity index (χ4n) is 1.85. The molecule has 1 unspecified atom stereocenters. The van der Waals surface area contributed by atoms with E-state index in [1.807, 2.05) is 37.6 Å². The highest BCUT2D eigenvalue weighted by atomic mass is 79.9. The molecule has 1 atom stereocenters. The third-order valence-electron chi connectivity index (χ3n) is 2.74. The molecule has 4 heteroatoms. The molecule has 1 aromatic carbocycles. The molecular formula is C13H16BrN3. The van der Waals surface area contributed by atoms with Crippen LogP contribution in [0.2, 0.25) is 0 Å². The normalized spacial score (nSPS) is 12.8. The second-order valence-corrected chi connectivity index (χ2v) is 5.19. The van der Waals surface area contributed by atoms with Crippen LogP contribution in [0.3, 0.4) is 0 Å². The molecule has 2 N–H and O–H groups in total.